The van der Waals surface area contributed by atoms with E-state index >= 15 is 0 Å². The van der Waals surface area contributed by atoms with Gasteiger partial charge in [-0.2, -0.15) is 0 Å². The molecule has 0 spiro atoms. The van der Waals surface area contributed by atoms with Gasteiger partial charge in [0.2, 0.25) is 0 Å². The average molecular weight is 305 g/mol. The van der Waals surface area contributed by atoms with Crippen LogP contribution in [0.2, 0.25) is 10.0 Å². The van der Waals surface area contributed by atoms with Crippen molar-refractivity contribution in [3.63, 3.8) is 0 Å². The molecule has 0 aliphatic carbocycles. The van der Waals surface area contributed by atoms with E-state index in [0.717, 1.165) is 16.8 Å². The van der Waals surface area contributed by atoms with Gasteiger partial charge in [0.05, 0.1) is 4.91 Å². The number of benzene rings is 1. The second-order valence-electron chi connectivity index (χ2n) is 3.19. The van der Waals surface area contributed by atoms with E-state index in [4.69, 9.17) is 41.3 Å². The number of amides is 1. The summed E-state index contributed by atoms with van der Waals surface area (Å²) in [5.74, 6) is 5.11. The van der Waals surface area contributed by atoms with Crippen molar-refractivity contribution in [1.29, 1.82) is 0 Å². The van der Waals surface area contributed by atoms with E-state index in [1.807, 2.05) is 0 Å². The van der Waals surface area contributed by atoms with Crippen LogP contribution in [-0.4, -0.2) is 15.2 Å². The molecule has 3 nitrogen and oxygen atoms in total. The highest BCUT2D eigenvalue weighted by Crippen LogP contribution is 2.34. The maximum Gasteiger partial charge on any atom is 0.280 e. The molecule has 1 saturated heterocycles. The number of carbonyl (C=O) groups excluding carboxylic acids is 1. The molecule has 1 heterocycles. The molecule has 88 valence electrons. The Balaban J connectivity index is 2.44. The van der Waals surface area contributed by atoms with Gasteiger partial charge in [0.25, 0.3) is 5.91 Å². The summed E-state index contributed by atoms with van der Waals surface area (Å²) in [5.41, 5.74) is 0.588. The van der Waals surface area contributed by atoms with E-state index in [-0.39, 0.29) is 5.91 Å². The van der Waals surface area contributed by atoms with Crippen LogP contribution in [0.4, 0.5) is 0 Å². The van der Waals surface area contributed by atoms with Crippen LogP contribution in [0.25, 0.3) is 6.08 Å². The Morgan fingerprint density at radius 2 is 1.94 bits per heavy atom. The quantitative estimate of drug-likeness (QED) is 0.375. The smallest absolute Gasteiger partial charge is 0.267 e. The number of hydrogen-bond donors (Lipinski definition) is 1. The van der Waals surface area contributed by atoms with Gasteiger partial charge < -0.3 is 0 Å². The molecule has 1 fully saturated rings. The molecule has 17 heavy (non-hydrogen) atoms. The molecular weight excluding hydrogens is 299 g/mol. The van der Waals surface area contributed by atoms with Crippen molar-refractivity contribution in [2.24, 2.45) is 5.84 Å². The minimum Gasteiger partial charge on any atom is -0.267 e. The van der Waals surface area contributed by atoms with Gasteiger partial charge in [-0.3, -0.25) is 4.79 Å². The molecule has 1 aliphatic heterocycles. The topological polar surface area (TPSA) is 46.3 Å². The Bertz CT molecular complexity index is 525. The van der Waals surface area contributed by atoms with Gasteiger partial charge in [0, 0.05) is 15.6 Å². The molecular formula is C10H6Cl2N2OS2. The second-order valence-corrected chi connectivity index (χ2v) is 5.68. The standard InChI is InChI=1S/C10H6Cl2N2OS2/c11-6-2-1-3-7(12)5(6)4-8-9(15)14(13)10(16)17-8/h1-4H,13H2/b8-4-. The minimum atomic E-state index is -0.351. The van der Waals surface area contributed by atoms with Gasteiger partial charge >= 0.3 is 0 Å². The summed E-state index contributed by atoms with van der Waals surface area (Å²) in [6.45, 7) is 0. The summed E-state index contributed by atoms with van der Waals surface area (Å²) >= 11 is 18.0. The molecule has 1 aromatic carbocycles. The highest BCUT2D eigenvalue weighted by atomic mass is 35.5. The summed E-state index contributed by atoms with van der Waals surface area (Å²) in [6.07, 6.45) is 1.59. The molecule has 7 heteroatoms. The van der Waals surface area contributed by atoms with E-state index in [0.29, 0.717) is 24.8 Å². The SMILES string of the molecule is NN1C(=O)/C(=C/c2c(Cl)cccc2Cl)SC1=S. The summed E-state index contributed by atoms with van der Waals surface area (Å²) in [4.78, 5) is 12.1. The molecule has 1 aromatic rings. The Kier molecular flexibility index (Phi) is 3.75. The first-order valence-corrected chi connectivity index (χ1v) is 6.45. The lowest BCUT2D eigenvalue weighted by Gasteiger charge is -2.04. The molecule has 0 saturated carbocycles. The zero-order valence-electron chi connectivity index (χ0n) is 8.31. The van der Waals surface area contributed by atoms with Crippen molar-refractivity contribution in [2.75, 3.05) is 0 Å². The van der Waals surface area contributed by atoms with Crippen molar-refractivity contribution in [2.45, 2.75) is 0 Å². The normalized spacial score (nSPS) is 18.3. The van der Waals surface area contributed by atoms with Crippen LogP contribution in [0.5, 0.6) is 0 Å². The van der Waals surface area contributed by atoms with Crippen LogP contribution in [0.1, 0.15) is 5.56 Å². The van der Waals surface area contributed by atoms with Gasteiger partial charge in [0.15, 0.2) is 4.32 Å². The maximum atomic E-state index is 11.7. The van der Waals surface area contributed by atoms with Crippen LogP contribution in [0.15, 0.2) is 23.1 Å². The lowest BCUT2D eigenvalue weighted by Crippen LogP contribution is -2.34. The van der Waals surface area contributed by atoms with Crippen LogP contribution in [0.3, 0.4) is 0 Å². The number of halogens is 2. The fourth-order valence-corrected chi connectivity index (χ4v) is 2.85. The first-order chi connectivity index (χ1) is 8.00. The summed E-state index contributed by atoms with van der Waals surface area (Å²) in [7, 11) is 0. The number of hydrazine groups is 1. The van der Waals surface area contributed by atoms with E-state index in [1.165, 1.54) is 0 Å². The minimum absolute atomic E-state index is 0.310. The Morgan fingerprint density at radius 1 is 1.35 bits per heavy atom. The van der Waals surface area contributed by atoms with Crippen molar-refractivity contribution in [3.05, 3.63) is 38.7 Å². The third-order valence-electron chi connectivity index (χ3n) is 2.10. The fraction of sp³-hybridized carbons (Fsp3) is 0. The summed E-state index contributed by atoms with van der Waals surface area (Å²) in [5, 5.41) is 1.87. The zero-order valence-corrected chi connectivity index (χ0v) is 11.5. The second kappa shape index (κ2) is 4.96. The molecule has 0 bridgehead atoms. The molecule has 0 aromatic heterocycles. The third kappa shape index (κ3) is 2.48. The predicted octanol–water partition coefficient (Wildman–Crippen LogP) is 3.07. The Morgan fingerprint density at radius 3 is 2.41 bits per heavy atom. The first-order valence-electron chi connectivity index (χ1n) is 4.47. The van der Waals surface area contributed by atoms with E-state index in [1.54, 1.807) is 24.3 Å². The number of hydrogen-bond acceptors (Lipinski definition) is 4. The lowest BCUT2D eigenvalue weighted by molar-refractivity contribution is -0.122. The molecule has 0 radical (unpaired) electrons. The van der Waals surface area contributed by atoms with Crippen LogP contribution in [0, 0.1) is 0 Å². The molecule has 2 rings (SSSR count). The lowest BCUT2D eigenvalue weighted by atomic mass is 10.2. The molecule has 1 amide bonds. The summed E-state index contributed by atoms with van der Waals surface area (Å²) < 4.78 is 0.310. The number of nitrogens with two attached hydrogens (primary N) is 1. The van der Waals surface area contributed by atoms with E-state index in [2.05, 4.69) is 0 Å². The zero-order chi connectivity index (χ0) is 12.6. The van der Waals surface area contributed by atoms with Gasteiger partial charge in [-0.1, -0.05) is 53.2 Å². The Labute approximate surface area is 118 Å². The molecule has 0 unspecified atom stereocenters. The van der Waals surface area contributed by atoms with Gasteiger partial charge in [-0.25, -0.2) is 10.9 Å². The van der Waals surface area contributed by atoms with E-state index < -0.39 is 0 Å². The summed E-state index contributed by atoms with van der Waals surface area (Å²) in [6, 6.07) is 5.13. The first kappa shape index (κ1) is 12.9. The largest absolute Gasteiger partial charge is 0.280 e. The fourth-order valence-electron chi connectivity index (χ4n) is 1.26. The number of thioether (sulfide) groups is 1. The van der Waals surface area contributed by atoms with Crippen LogP contribution in [-0.2, 0) is 4.79 Å². The number of carbonyl (C=O) groups is 1. The van der Waals surface area contributed by atoms with Gasteiger partial charge in [-0.15, -0.1) is 0 Å². The predicted molar refractivity (Wildman–Crippen MR) is 75.7 cm³/mol. The molecule has 0 atom stereocenters. The molecule has 2 N–H and O–H groups in total. The number of rotatable bonds is 1. The van der Waals surface area contributed by atoms with Crippen LogP contribution < -0.4 is 5.84 Å². The highest BCUT2D eigenvalue weighted by Gasteiger charge is 2.30. The monoisotopic (exact) mass is 304 g/mol. The number of thiocarbonyl (C=S) groups is 1. The Hall–Kier alpha value is -0.590. The number of nitrogens with zero attached hydrogens (tertiary/aromatic N) is 1. The van der Waals surface area contributed by atoms with Gasteiger partial charge in [-0.05, 0) is 18.2 Å². The van der Waals surface area contributed by atoms with Crippen molar-refractivity contribution >= 4 is 63.5 Å². The van der Waals surface area contributed by atoms with Crippen LogP contribution >= 0.6 is 47.2 Å². The van der Waals surface area contributed by atoms with E-state index in [9.17, 15) is 4.79 Å². The van der Waals surface area contributed by atoms with Gasteiger partial charge in [0.1, 0.15) is 0 Å². The third-order valence-corrected chi connectivity index (χ3v) is 4.09. The van der Waals surface area contributed by atoms with Crippen molar-refractivity contribution in [3.8, 4) is 0 Å². The van der Waals surface area contributed by atoms with Crippen molar-refractivity contribution in [1.82, 2.24) is 5.01 Å². The van der Waals surface area contributed by atoms with Crippen molar-refractivity contribution < 1.29 is 4.79 Å². The maximum absolute atomic E-state index is 11.7. The molecule has 1 aliphatic rings. The highest BCUT2D eigenvalue weighted by molar-refractivity contribution is 8.26. The average Bonchev–Trinajstić information content (AvgIpc) is 2.52.